The van der Waals surface area contributed by atoms with Gasteiger partial charge in [-0.15, -0.1) is 0 Å². The van der Waals surface area contributed by atoms with Gasteiger partial charge in [0.2, 0.25) is 5.91 Å². The monoisotopic (exact) mass is 329 g/mol. The number of halogens is 1. The molecule has 0 aromatic heterocycles. The van der Waals surface area contributed by atoms with Gasteiger partial charge in [0.05, 0.1) is 0 Å². The van der Waals surface area contributed by atoms with E-state index in [2.05, 4.69) is 16.0 Å². The number of benzene rings is 2. The summed E-state index contributed by atoms with van der Waals surface area (Å²) in [6.07, 6.45) is 3.26. The Kier molecular flexibility index (Phi) is 5.77. The SMILES string of the molecule is CC(=O)Nc1cccc(NC(=O)N/C=C/c2cccc(Cl)c2)c1. The van der Waals surface area contributed by atoms with Crippen molar-refractivity contribution in [3.63, 3.8) is 0 Å². The number of carbonyl (C=O) groups is 2. The summed E-state index contributed by atoms with van der Waals surface area (Å²) in [4.78, 5) is 22.8. The van der Waals surface area contributed by atoms with Crippen LogP contribution in [0.4, 0.5) is 16.2 Å². The molecule has 0 aliphatic rings. The van der Waals surface area contributed by atoms with Crippen molar-refractivity contribution in [1.29, 1.82) is 0 Å². The van der Waals surface area contributed by atoms with Gasteiger partial charge in [0, 0.05) is 29.5 Å². The first kappa shape index (κ1) is 16.6. The number of urea groups is 1. The Balaban J connectivity index is 1.91. The second kappa shape index (κ2) is 8.00. The lowest BCUT2D eigenvalue weighted by atomic mass is 10.2. The van der Waals surface area contributed by atoms with Gasteiger partial charge in [-0.25, -0.2) is 4.79 Å². The molecule has 0 atom stereocenters. The van der Waals surface area contributed by atoms with E-state index in [1.807, 2.05) is 12.1 Å². The van der Waals surface area contributed by atoms with Crippen LogP contribution in [0.25, 0.3) is 6.08 Å². The van der Waals surface area contributed by atoms with Crippen molar-refractivity contribution in [2.24, 2.45) is 0 Å². The molecule has 0 radical (unpaired) electrons. The summed E-state index contributed by atoms with van der Waals surface area (Å²) in [5.41, 5.74) is 2.07. The zero-order chi connectivity index (χ0) is 16.7. The summed E-state index contributed by atoms with van der Waals surface area (Å²) in [5.74, 6) is -0.170. The molecular weight excluding hydrogens is 314 g/mol. The Morgan fingerprint density at radius 1 is 1.00 bits per heavy atom. The predicted octanol–water partition coefficient (Wildman–Crippen LogP) is 4.09. The van der Waals surface area contributed by atoms with Crippen molar-refractivity contribution in [2.45, 2.75) is 6.92 Å². The fourth-order valence-corrected chi connectivity index (χ4v) is 2.07. The van der Waals surface area contributed by atoms with E-state index in [1.54, 1.807) is 42.5 Å². The molecule has 0 aliphatic heterocycles. The molecule has 3 amide bonds. The lowest BCUT2D eigenvalue weighted by molar-refractivity contribution is -0.114. The molecule has 0 unspecified atom stereocenters. The highest BCUT2D eigenvalue weighted by atomic mass is 35.5. The number of rotatable bonds is 4. The van der Waals surface area contributed by atoms with Crippen LogP contribution in [0.15, 0.2) is 54.7 Å². The Labute approximate surface area is 139 Å². The van der Waals surface area contributed by atoms with Gasteiger partial charge in [0.25, 0.3) is 0 Å². The Hall–Kier alpha value is -2.79. The highest BCUT2D eigenvalue weighted by Gasteiger charge is 2.01. The van der Waals surface area contributed by atoms with Gasteiger partial charge in [-0.3, -0.25) is 4.79 Å². The van der Waals surface area contributed by atoms with Crippen LogP contribution in [-0.4, -0.2) is 11.9 Å². The second-order valence-electron chi connectivity index (χ2n) is 4.75. The van der Waals surface area contributed by atoms with Crippen LogP contribution >= 0.6 is 11.6 Å². The summed E-state index contributed by atoms with van der Waals surface area (Å²) >= 11 is 5.88. The summed E-state index contributed by atoms with van der Waals surface area (Å²) in [7, 11) is 0. The van der Waals surface area contributed by atoms with Crippen molar-refractivity contribution < 1.29 is 9.59 Å². The normalized spacial score (nSPS) is 10.3. The zero-order valence-electron chi connectivity index (χ0n) is 12.5. The van der Waals surface area contributed by atoms with Gasteiger partial charge in [-0.05, 0) is 42.0 Å². The quantitative estimate of drug-likeness (QED) is 0.790. The second-order valence-corrected chi connectivity index (χ2v) is 5.19. The molecule has 2 aromatic carbocycles. The van der Waals surface area contributed by atoms with E-state index in [4.69, 9.17) is 11.6 Å². The van der Waals surface area contributed by atoms with E-state index in [1.165, 1.54) is 13.1 Å². The number of carbonyl (C=O) groups excluding carboxylic acids is 2. The molecule has 0 fully saturated rings. The fraction of sp³-hybridized carbons (Fsp3) is 0.0588. The van der Waals surface area contributed by atoms with E-state index in [0.29, 0.717) is 16.4 Å². The van der Waals surface area contributed by atoms with E-state index in [0.717, 1.165) is 5.56 Å². The maximum atomic E-state index is 11.8. The van der Waals surface area contributed by atoms with E-state index in [-0.39, 0.29) is 11.9 Å². The molecular formula is C17H16ClN3O2. The molecule has 6 heteroatoms. The molecule has 0 saturated carbocycles. The molecule has 2 rings (SSSR count). The average molecular weight is 330 g/mol. The maximum Gasteiger partial charge on any atom is 0.323 e. The van der Waals surface area contributed by atoms with Crippen LogP contribution in [0.3, 0.4) is 0 Å². The minimum Gasteiger partial charge on any atom is -0.326 e. The Bertz CT molecular complexity index is 744. The molecule has 0 bridgehead atoms. The Morgan fingerprint density at radius 3 is 2.39 bits per heavy atom. The van der Waals surface area contributed by atoms with Gasteiger partial charge in [-0.1, -0.05) is 29.8 Å². The van der Waals surface area contributed by atoms with Crippen LogP contribution < -0.4 is 16.0 Å². The minimum absolute atomic E-state index is 0.170. The smallest absolute Gasteiger partial charge is 0.323 e. The third-order valence-corrected chi connectivity index (χ3v) is 3.01. The van der Waals surface area contributed by atoms with Crippen LogP contribution in [0, 0.1) is 0 Å². The largest absolute Gasteiger partial charge is 0.326 e. The highest BCUT2D eigenvalue weighted by molar-refractivity contribution is 6.30. The molecule has 0 heterocycles. The number of anilines is 2. The van der Waals surface area contributed by atoms with Crippen molar-refractivity contribution in [2.75, 3.05) is 10.6 Å². The first-order valence-electron chi connectivity index (χ1n) is 6.90. The Morgan fingerprint density at radius 2 is 1.70 bits per heavy atom. The number of hydrogen-bond donors (Lipinski definition) is 3. The molecule has 0 saturated heterocycles. The van der Waals surface area contributed by atoms with Crippen molar-refractivity contribution in [3.05, 3.63) is 65.3 Å². The van der Waals surface area contributed by atoms with Crippen molar-refractivity contribution in [1.82, 2.24) is 5.32 Å². The van der Waals surface area contributed by atoms with Gasteiger partial charge in [-0.2, -0.15) is 0 Å². The topological polar surface area (TPSA) is 70.2 Å². The molecule has 0 aliphatic carbocycles. The lowest BCUT2D eigenvalue weighted by Crippen LogP contribution is -2.23. The third kappa shape index (κ3) is 5.84. The minimum atomic E-state index is -0.386. The standard InChI is InChI=1S/C17H16ClN3O2/c1-12(22)20-15-6-3-7-16(11-15)21-17(23)19-9-8-13-4-2-5-14(18)10-13/h2-11H,1H3,(H,20,22)(H2,19,21,23)/b9-8+. The van der Waals surface area contributed by atoms with E-state index >= 15 is 0 Å². The molecule has 23 heavy (non-hydrogen) atoms. The molecule has 5 nitrogen and oxygen atoms in total. The summed E-state index contributed by atoms with van der Waals surface area (Å²) in [5, 5.41) is 8.56. The van der Waals surface area contributed by atoms with Crippen LogP contribution in [0.1, 0.15) is 12.5 Å². The molecule has 2 aromatic rings. The number of amides is 3. The van der Waals surface area contributed by atoms with Gasteiger partial charge in [0.1, 0.15) is 0 Å². The zero-order valence-corrected chi connectivity index (χ0v) is 13.2. The maximum absolute atomic E-state index is 11.8. The van der Waals surface area contributed by atoms with Gasteiger partial charge < -0.3 is 16.0 Å². The summed E-state index contributed by atoms with van der Waals surface area (Å²) in [6, 6.07) is 13.8. The van der Waals surface area contributed by atoms with Crippen LogP contribution in [0.5, 0.6) is 0 Å². The fourth-order valence-electron chi connectivity index (χ4n) is 1.87. The molecule has 118 valence electrons. The summed E-state index contributed by atoms with van der Waals surface area (Å²) in [6.45, 7) is 1.42. The lowest BCUT2D eigenvalue weighted by Gasteiger charge is -2.07. The van der Waals surface area contributed by atoms with Gasteiger partial charge in [0.15, 0.2) is 0 Å². The average Bonchev–Trinajstić information content (AvgIpc) is 2.47. The van der Waals surface area contributed by atoms with Crippen molar-refractivity contribution >= 4 is 41.0 Å². The molecule has 0 spiro atoms. The van der Waals surface area contributed by atoms with Crippen LogP contribution in [0.2, 0.25) is 5.02 Å². The van der Waals surface area contributed by atoms with E-state index in [9.17, 15) is 9.59 Å². The van der Waals surface area contributed by atoms with Crippen molar-refractivity contribution in [3.8, 4) is 0 Å². The number of hydrogen-bond acceptors (Lipinski definition) is 2. The summed E-state index contributed by atoms with van der Waals surface area (Å²) < 4.78 is 0. The van der Waals surface area contributed by atoms with E-state index < -0.39 is 0 Å². The highest BCUT2D eigenvalue weighted by Crippen LogP contribution is 2.15. The number of nitrogens with one attached hydrogen (secondary N) is 3. The first-order chi connectivity index (χ1) is 11.0. The first-order valence-corrected chi connectivity index (χ1v) is 7.28. The van der Waals surface area contributed by atoms with Gasteiger partial charge >= 0.3 is 6.03 Å². The van der Waals surface area contributed by atoms with Crippen LogP contribution in [-0.2, 0) is 4.79 Å². The third-order valence-electron chi connectivity index (χ3n) is 2.78. The predicted molar refractivity (Wildman–Crippen MR) is 93.4 cm³/mol. The molecule has 3 N–H and O–H groups in total.